The standard InChI is InChI=1S/C13H22N4/c1-2-16(11-3-4-11)7-8-17-10-15-12-9-14-6-5-13(12)17/h10-11,14H,2-9H2,1H3. The van der Waals surface area contributed by atoms with E-state index in [4.69, 9.17) is 0 Å². The Bertz CT molecular complexity index is 381. The summed E-state index contributed by atoms with van der Waals surface area (Å²) >= 11 is 0. The minimum absolute atomic E-state index is 0.876. The lowest BCUT2D eigenvalue weighted by molar-refractivity contribution is 0.265. The summed E-state index contributed by atoms with van der Waals surface area (Å²) in [7, 11) is 0. The van der Waals surface area contributed by atoms with Gasteiger partial charge in [-0.3, -0.25) is 4.90 Å². The van der Waals surface area contributed by atoms with Crippen molar-refractivity contribution < 1.29 is 0 Å². The van der Waals surface area contributed by atoms with Crippen LogP contribution < -0.4 is 5.32 Å². The summed E-state index contributed by atoms with van der Waals surface area (Å²) in [4.78, 5) is 7.11. The van der Waals surface area contributed by atoms with Crippen molar-refractivity contribution in [3.8, 4) is 0 Å². The van der Waals surface area contributed by atoms with Gasteiger partial charge in [-0.15, -0.1) is 0 Å². The molecular formula is C13H22N4. The third-order valence-corrected chi connectivity index (χ3v) is 3.96. The van der Waals surface area contributed by atoms with Crippen molar-refractivity contribution in [1.82, 2.24) is 19.8 Å². The second-order valence-electron chi connectivity index (χ2n) is 5.12. The fourth-order valence-electron chi connectivity index (χ4n) is 2.77. The minimum atomic E-state index is 0.876. The van der Waals surface area contributed by atoms with E-state index >= 15 is 0 Å². The van der Waals surface area contributed by atoms with Gasteiger partial charge in [-0.05, 0) is 19.4 Å². The van der Waals surface area contributed by atoms with E-state index in [1.165, 1.54) is 37.3 Å². The molecule has 0 amide bonds. The highest BCUT2D eigenvalue weighted by atomic mass is 15.2. The van der Waals surface area contributed by atoms with E-state index in [0.29, 0.717) is 0 Å². The Kier molecular flexibility index (Phi) is 3.16. The van der Waals surface area contributed by atoms with Crippen molar-refractivity contribution in [2.75, 3.05) is 19.6 Å². The fourth-order valence-corrected chi connectivity index (χ4v) is 2.77. The van der Waals surface area contributed by atoms with Gasteiger partial charge < -0.3 is 9.88 Å². The van der Waals surface area contributed by atoms with Crippen LogP contribution in [0.25, 0.3) is 0 Å². The quantitative estimate of drug-likeness (QED) is 0.825. The van der Waals surface area contributed by atoms with Crippen molar-refractivity contribution >= 4 is 0 Å². The maximum atomic E-state index is 4.50. The lowest BCUT2D eigenvalue weighted by Gasteiger charge is -2.21. The van der Waals surface area contributed by atoms with E-state index in [1.54, 1.807) is 0 Å². The normalized spacial score (nSPS) is 19.6. The first kappa shape index (κ1) is 11.2. The molecule has 2 heterocycles. The molecule has 1 aromatic heterocycles. The average molecular weight is 234 g/mol. The van der Waals surface area contributed by atoms with Crippen LogP contribution in [0.15, 0.2) is 6.33 Å². The van der Waals surface area contributed by atoms with E-state index in [9.17, 15) is 0 Å². The molecule has 2 aliphatic rings. The Balaban J connectivity index is 1.62. The number of imidazole rings is 1. The van der Waals surface area contributed by atoms with Crippen LogP contribution in [-0.2, 0) is 19.5 Å². The molecule has 4 nitrogen and oxygen atoms in total. The van der Waals surface area contributed by atoms with Crippen molar-refractivity contribution in [3.63, 3.8) is 0 Å². The summed E-state index contributed by atoms with van der Waals surface area (Å²) in [6.45, 7) is 7.78. The maximum absolute atomic E-state index is 4.50. The number of fused-ring (bicyclic) bond motifs is 1. The van der Waals surface area contributed by atoms with E-state index < -0.39 is 0 Å². The third-order valence-electron chi connectivity index (χ3n) is 3.96. The highest BCUT2D eigenvalue weighted by Crippen LogP contribution is 2.26. The fraction of sp³-hybridized carbons (Fsp3) is 0.769. The summed E-state index contributed by atoms with van der Waals surface area (Å²) in [5.74, 6) is 0. The summed E-state index contributed by atoms with van der Waals surface area (Å²) in [6.07, 6.45) is 5.96. The zero-order valence-electron chi connectivity index (χ0n) is 10.7. The van der Waals surface area contributed by atoms with Gasteiger partial charge >= 0.3 is 0 Å². The molecule has 3 rings (SSSR count). The van der Waals surface area contributed by atoms with Crippen molar-refractivity contribution in [1.29, 1.82) is 0 Å². The molecule has 4 heteroatoms. The highest BCUT2D eigenvalue weighted by Gasteiger charge is 2.27. The molecular weight excluding hydrogens is 212 g/mol. The molecule has 0 saturated heterocycles. The molecule has 0 unspecified atom stereocenters. The number of hydrogen-bond acceptors (Lipinski definition) is 3. The number of hydrogen-bond donors (Lipinski definition) is 1. The van der Waals surface area contributed by atoms with E-state index in [-0.39, 0.29) is 0 Å². The van der Waals surface area contributed by atoms with Gasteiger partial charge in [0.15, 0.2) is 0 Å². The predicted octanol–water partition coefficient (Wildman–Crippen LogP) is 1.01. The lowest BCUT2D eigenvalue weighted by atomic mass is 10.2. The number of nitrogens with one attached hydrogen (secondary N) is 1. The number of nitrogens with zero attached hydrogens (tertiary/aromatic N) is 3. The Morgan fingerprint density at radius 1 is 1.53 bits per heavy atom. The molecule has 0 aromatic carbocycles. The Hall–Kier alpha value is -0.870. The second kappa shape index (κ2) is 4.78. The Labute approximate surface area is 103 Å². The van der Waals surface area contributed by atoms with Crippen molar-refractivity contribution in [3.05, 3.63) is 17.7 Å². The van der Waals surface area contributed by atoms with Crippen LogP contribution in [0.5, 0.6) is 0 Å². The summed E-state index contributed by atoms with van der Waals surface area (Å²) in [5, 5.41) is 3.37. The molecule has 1 N–H and O–H groups in total. The van der Waals surface area contributed by atoms with Crippen LogP contribution in [0.1, 0.15) is 31.2 Å². The van der Waals surface area contributed by atoms with Gasteiger partial charge in [0.25, 0.3) is 0 Å². The summed E-state index contributed by atoms with van der Waals surface area (Å²) in [5.41, 5.74) is 2.71. The van der Waals surface area contributed by atoms with E-state index in [1.807, 2.05) is 6.33 Å². The van der Waals surface area contributed by atoms with Gasteiger partial charge in [0.05, 0.1) is 12.0 Å². The first-order valence-corrected chi connectivity index (χ1v) is 6.86. The van der Waals surface area contributed by atoms with Crippen LogP contribution in [0.2, 0.25) is 0 Å². The van der Waals surface area contributed by atoms with Crippen molar-refractivity contribution in [2.45, 2.75) is 45.3 Å². The molecule has 0 bridgehead atoms. The van der Waals surface area contributed by atoms with Gasteiger partial charge in [0.2, 0.25) is 0 Å². The SMILES string of the molecule is CCN(CCn1cnc2c1CCNC2)C1CC1. The van der Waals surface area contributed by atoms with Crippen LogP contribution in [-0.4, -0.2) is 40.1 Å². The molecule has 0 atom stereocenters. The van der Waals surface area contributed by atoms with Crippen LogP contribution in [0.4, 0.5) is 0 Å². The molecule has 1 aliphatic heterocycles. The summed E-state index contributed by atoms with van der Waals surface area (Å²) in [6, 6.07) is 0.876. The van der Waals surface area contributed by atoms with Gasteiger partial charge in [-0.1, -0.05) is 6.92 Å². The average Bonchev–Trinajstić information content (AvgIpc) is 3.12. The monoisotopic (exact) mass is 234 g/mol. The first-order valence-electron chi connectivity index (χ1n) is 6.86. The molecule has 0 radical (unpaired) electrons. The van der Waals surface area contributed by atoms with Gasteiger partial charge in [-0.25, -0.2) is 4.98 Å². The topological polar surface area (TPSA) is 33.1 Å². The minimum Gasteiger partial charge on any atom is -0.333 e. The van der Waals surface area contributed by atoms with Gasteiger partial charge in [0, 0.05) is 44.3 Å². The van der Waals surface area contributed by atoms with Gasteiger partial charge in [-0.2, -0.15) is 0 Å². The Morgan fingerprint density at radius 3 is 3.18 bits per heavy atom. The molecule has 0 spiro atoms. The molecule has 17 heavy (non-hydrogen) atoms. The zero-order chi connectivity index (χ0) is 11.7. The number of likely N-dealkylation sites (N-methyl/N-ethyl adjacent to an activating group) is 1. The molecule has 1 saturated carbocycles. The number of aromatic nitrogens is 2. The van der Waals surface area contributed by atoms with E-state index in [0.717, 1.165) is 32.1 Å². The maximum Gasteiger partial charge on any atom is 0.0952 e. The lowest BCUT2D eigenvalue weighted by Crippen LogP contribution is -2.30. The highest BCUT2D eigenvalue weighted by molar-refractivity contribution is 5.16. The van der Waals surface area contributed by atoms with Crippen LogP contribution in [0.3, 0.4) is 0 Å². The van der Waals surface area contributed by atoms with Crippen LogP contribution >= 0.6 is 0 Å². The molecule has 94 valence electrons. The molecule has 1 fully saturated rings. The van der Waals surface area contributed by atoms with Gasteiger partial charge in [0.1, 0.15) is 0 Å². The predicted molar refractivity (Wildman–Crippen MR) is 67.9 cm³/mol. The van der Waals surface area contributed by atoms with Crippen LogP contribution in [0, 0.1) is 0 Å². The second-order valence-corrected chi connectivity index (χ2v) is 5.12. The Morgan fingerprint density at radius 2 is 2.41 bits per heavy atom. The van der Waals surface area contributed by atoms with E-state index in [2.05, 4.69) is 26.7 Å². The molecule has 1 aromatic rings. The molecule has 1 aliphatic carbocycles. The largest absolute Gasteiger partial charge is 0.333 e. The smallest absolute Gasteiger partial charge is 0.0952 e. The zero-order valence-corrected chi connectivity index (χ0v) is 10.7. The van der Waals surface area contributed by atoms with Crippen molar-refractivity contribution in [2.24, 2.45) is 0 Å². The summed E-state index contributed by atoms with van der Waals surface area (Å²) < 4.78 is 2.36. The first-order chi connectivity index (χ1) is 8.38. The third kappa shape index (κ3) is 2.38. The number of rotatable bonds is 5.